The Hall–Kier alpha value is -4.50. The maximum atomic E-state index is 14.0. The fourth-order valence-corrected chi connectivity index (χ4v) is 5.04. The third-order valence-corrected chi connectivity index (χ3v) is 6.70. The van der Waals surface area contributed by atoms with E-state index in [9.17, 15) is 18.0 Å². The molecule has 38 heavy (non-hydrogen) atoms. The van der Waals surface area contributed by atoms with E-state index in [-0.39, 0.29) is 30.9 Å². The van der Waals surface area contributed by atoms with E-state index in [1.807, 2.05) is 12.1 Å². The number of carbonyl (C=O) groups excluding carboxylic acids is 1. The molecule has 0 N–H and O–H groups in total. The first-order chi connectivity index (χ1) is 18.4. The Kier molecular flexibility index (Phi) is 7.19. The Morgan fingerprint density at radius 1 is 0.921 bits per heavy atom. The molecule has 2 aromatic carbocycles. The highest BCUT2D eigenvalue weighted by Gasteiger charge is 2.24. The van der Waals surface area contributed by atoms with Crippen LogP contribution < -0.4 is 0 Å². The molecule has 188 valence electrons. The van der Waals surface area contributed by atoms with Gasteiger partial charge >= 0.3 is 0 Å². The molecule has 0 fully saturated rings. The SMILES string of the molecule is C#Cc1cc(-c2cccnc2[C@@H](CC(=O)CC2=CCc3ccc(F)cc32)Cc2cc(F)cc(F)c2)ccn1. The summed E-state index contributed by atoms with van der Waals surface area (Å²) in [7, 11) is 0. The van der Waals surface area contributed by atoms with Crippen LogP contribution in [0.5, 0.6) is 0 Å². The van der Waals surface area contributed by atoms with Crippen molar-refractivity contribution >= 4 is 11.4 Å². The van der Waals surface area contributed by atoms with E-state index in [4.69, 9.17) is 6.42 Å². The van der Waals surface area contributed by atoms with Crippen LogP contribution in [0.4, 0.5) is 13.2 Å². The van der Waals surface area contributed by atoms with Gasteiger partial charge in [-0.15, -0.1) is 6.42 Å². The molecule has 4 aromatic rings. The van der Waals surface area contributed by atoms with Gasteiger partial charge < -0.3 is 0 Å². The molecule has 0 aliphatic heterocycles. The number of allylic oxidation sites excluding steroid dienone is 2. The van der Waals surface area contributed by atoms with Gasteiger partial charge in [0.05, 0.1) is 5.69 Å². The van der Waals surface area contributed by atoms with Crippen LogP contribution in [0, 0.1) is 29.8 Å². The van der Waals surface area contributed by atoms with Gasteiger partial charge in [0.15, 0.2) is 0 Å². The van der Waals surface area contributed by atoms with Crippen LogP contribution in [0.2, 0.25) is 0 Å². The average Bonchev–Trinajstić information content (AvgIpc) is 3.29. The van der Waals surface area contributed by atoms with Crippen LogP contribution in [0.1, 0.15) is 46.8 Å². The number of nitrogens with zero attached hydrogens (tertiary/aromatic N) is 2. The highest BCUT2D eigenvalue weighted by molar-refractivity contribution is 5.92. The van der Waals surface area contributed by atoms with Gasteiger partial charge in [-0.3, -0.25) is 9.78 Å². The van der Waals surface area contributed by atoms with Crippen molar-refractivity contribution in [2.24, 2.45) is 0 Å². The molecule has 1 aliphatic carbocycles. The van der Waals surface area contributed by atoms with E-state index in [1.54, 1.807) is 36.7 Å². The Labute approximate surface area is 219 Å². The smallest absolute Gasteiger partial charge is 0.137 e. The van der Waals surface area contributed by atoms with Gasteiger partial charge in [0.2, 0.25) is 0 Å². The van der Waals surface area contributed by atoms with Gasteiger partial charge in [0.25, 0.3) is 0 Å². The summed E-state index contributed by atoms with van der Waals surface area (Å²) in [4.78, 5) is 22.2. The monoisotopic (exact) mass is 508 g/mol. The topological polar surface area (TPSA) is 42.9 Å². The van der Waals surface area contributed by atoms with Crippen molar-refractivity contribution in [2.75, 3.05) is 0 Å². The zero-order chi connectivity index (χ0) is 26.6. The molecule has 5 rings (SSSR count). The minimum absolute atomic E-state index is 0.0779. The van der Waals surface area contributed by atoms with Crippen molar-refractivity contribution in [2.45, 2.75) is 31.6 Å². The van der Waals surface area contributed by atoms with Gasteiger partial charge in [-0.05, 0) is 83.1 Å². The standard InChI is InChI=1S/C32H23F3N2O/c1-2-28-15-23(9-11-36-28)30-4-3-10-37-32(30)24(12-20-13-26(34)18-27(35)14-20)17-29(38)16-22-6-5-21-7-8-25(33)19-31(21)22/h1,3-4,6-11,13-15,18-19,24H,5,12,16-17H2/t24-/m1/s1. The van der Waals surface area contributed by atoms with Gasteiger partial charge in [0.1, 0.15) is 28.9 Å². The zero-order valence-corrected chi connectivity index (χ0v) is 20.4. The van der Waals surface area contributed by atoms with Crippen molar-refractivity contribution in [3.63, 3.8) is 0 Å². The second kappa shape index (κ2) is 10.9. The molecule has 6 heteroatoms. The van der Waals surface area contributed by atoms with E-state index in [2.05, 4.69) is 15.9 Å². The van der Waals surface area contributed by atoms with Crippen molar-refractivity contribution in [1.29, 1.82) is 0 Å². The van der Waals surface area contributed by atoms with Crippen LogP contribution in [0.3, 0.4) is 0 Å². The number of pyridine rings is 2. The number of terminal acetylenes is 1. The Balaban J connectivity index is 1.48. The zero-order valence-electron chi connectivity index (χ0n) is 20.4. The second-order valence-electron chi connectivity index (χ2n) is 9.34. The Bertz CT molecular complexity index is 1580. The lowest BCUT2D eigenvalue weighted by atomic mass is 9.85. The van der Waals surface area contributed by atoms with Gasteiger partial charge in [-0.1, -0.05) is 24.1 Å². The summed E-state index contributed by atoms with van der Waals surface area (Å²) in [5.74, 6) is 0.245. The molecule has 2 heterocycles. The summed E-state index contributed by atoms with van der Waals surface area (Å²) in [6.45, 7) is 0. The normalized spacial score (nSPS) is 12.9. The summed E-state index contributed by atoms with van der Waals surface area (Å²) in [6, 6.07) is 15.2. The number of hydrogen-bond donors (Lipinski definition) is 0. The lowest BCUT2D eigenvalue weighted by molar-refractivity contribution is -0.118. The molecule has 0 spiro atoms. The van der Waals surface area contributed by atoms with Crippen LogP contribution in [0.15, 0.2) is 79.1 Å². The van der Waals surface area contributed by atoms with Crippen LogP contribution in [-0.4, -0.2) is 15.8 Å². The highest BCUT2D eigenvalue weighted by atomic mass is 19.1. The molecule has 1 atom stereocenters. The summed E-state index contributed by atoms with van der Waals surface area (Å²) in [5.41, 5.74) is 5.55. The number of ketones is 1. The van der Waals surface area contributed by atoms with Crippen molar-refractivity contribution in [1.82, 2.24) is 9.97 Å². The molecule has 0 amide bonds. The highest BCUT2D eigenvalue weighted by Crippen LogP contribution is 2.35. The maximum absolute atomic E-state index is 14.0. The molecular formula is C32H23F3N2O. The van der Waals surface area contributed by atoms with Crippen molar-refractivity contribution in [3.8, 4) is 23.5 Å². The molecule has 0 saturated carbocycles. The number of hydrogen-bond acceptors (Lipinski definition) is 3. The van der Waals surface area contributed by atoms with Gasteiger partial charge in [0, 0.05) is 42.8 Å². The first kappa shape index (κ1) is 25.2. The largest absolute Gasteiger partial charge is 0.299 e. The number of aromatic nitrogens is 2. The first-order valence-electron chi connectivity index (χ1n) is 12.2. The van der Waals surface area contributed by atoms with E-state index in [0.717, 1.165) is 33.9 Å². The maximum Gasteiger partial charge on any atom is 0.137 e. The number of halogens is 3. The molecule has 3 nitrogen and oxygen atoms in total. The first-order valence-corrected chi connectivity index (χ1v) is 12.2. The number of Topliss-reactive ketones (excluding diaryl/α,β-unsaturated/α-hetero) is 1. The summed E-state index contributed by atoms with van der Waals surface area (Å²) in [5, 5.41) is 0. The predicted molar refractivity (Wildman–Crippen MR) is 141 cm³/mol. The minimum atomic E-state index is -0.686. The third kappa shape index (κ3) is 5.57. The number of rotatable bonds is 8. The van der Waals surface area contributed by atoms with E-state index < -0.39 is 17.6 Å². The fourth-order valence-electron chi connectivity index (χ4n) is 5.04. The average molecular weight is 509 g/mol. The molecular weight excluding hydrogens is 485 g/mol. The molecule has 1 aliphatic rings. The van der Waals surface area contributed by atoms with E-state index in [0.29, 0.717) is 23.4 Å². The quantitative estimate of drug-likeness (QED) is 0.244. The van der Waals surface area contributed by atoms with Gasteiger partial charge in [-0.25, -0.2) is 18.2 Å². The van der Waals surface area contributed by atoms with Gasteiger partial charge in [-0.2, -0.15) is 0 Å². The Morgan fingerprint density at radius 2 is 1.74 bits per heavy atom. The third-order valence-electron chi connectivity index (χ3n) is 6.70. The molecule has 2 aromatic heterocycles. The summed E-state index contributed by atoms with van der Waals surface area (Å²) < 4.78 is 41.9. The van der Waals surface area contributed by atoms with Crippen LogP contribution in [0.25, 0.3) is 16.7 Å². The van der Waals surface area contributed by atoms with Crippen LogP contribution in [-0.2, 0) is 17.6 Å². The van der Waals surface area contributed by atoms with E-state index >= 15 is 0 Å². The molecule has 0 bridgehead atoms. The minimum Gasteiger partial charge on any atom is -0.299 e. The predicted octanol–water partition coefficient (Wildman–Crippen LogP) is 6.86. The van der Waals surface area contributed by atoms with Crippen molar-refractivity contribution in [3.05, 3.63) is 125 Å². The summed E-state index contributed by atoms with van der Waals surface area (Å²) >= 11 is 0. The lowest BCUT2D eigenvalue weighted by Gasteiger charge is -2.20. The van der Waals surface area contributed by atoms with Crippen molar-refractivity contribution < 1.29 is 18.0 Å². The second-order valence-corrected chi connectivity index (χ2v) is 9.34. The molecule has 0 saturated heterocycles. The van der Waals surface area contributed by atoms with E-state index in [1.165, 1.54) is 24.3 Å². The summed E-state index contributed by atoms with van der Waals surface area (Å²) in [6.07, 6.45) is 11.8. The lowest BCUT2D eigenvalue weighted by Crippen LogP contribution is -2.13. The Morgan fingerprint density at radius 3 is 2.53 bits per heavy atom. The fraction of sp³-hybridized carbons (Fsp3) is 0.156. The molecule has 0 unspecified atom stereocenters. The number of benzene rings is 2. The van der Waals surface area contributed by atoms with Crippen LogP contribution >= 0.6 is 0 Å². The number of carbonyl (C=O) groups is 1. The molecule has 0 radical (unpaired) electrons. The number of fused-ring (bicyclic) bond motifs is 1.